The van der Waals surface area contributed by atoms with Gasteiger partial charge in [0, 0.05) is 12.4 Å². The van der Waals surface area contributed by atoms with E-state index in [1.165, 1.54) is 0 Å². The second kappa shape index (κ2) is 5.81. The summed E-state index contributed by atoms with van der Waals surface area (Å²) < 4.78 is 25.7. The second-order valence-corrected chi connectivity index (χ2v) is 5.54. The maximum absolute atomic E-state index is 10.4. The molecule has 0 heterocycles. The largest absolute Gasteiger partial charge is 0.550 e. The van der Waals surface area contributed by atoms with Crippen molar-refractivity contribution in [1.82, 2.24) is 0 Å². The molecule has 0 rings (SSSR count). The molecule has 0 aromatic rings. The molecule has 0 aromatic carbocycles. The van der Waals surface area contributed by atoms with Gasteiger partial charge < -0.3 is 21.3 Å². The molecule has 0 saturated carbocycles. The van der Waals surface area contributed by atoms with E-state index in [1.807, 2.05) is 21.1 Å². The summed E-state index contributed by atoms with van der Waals surface area (Å²) in [5.74, 6) is -1.30. The maximum atomic E-state index is 10.4. The number of likely N-dealkylation sites (N-methyl/N-ethyl adjacent to an activating group) is 1. The van der Waals surface area contributed by atoms with Crippen molar-refractivity contribution in [2.75, 3.05) is 27.7 Å². The number of quaternary nitrogens is 1. The van der Waals surface area contributed by atoms with Crippen molar-refractivity contribution in [3.8, 4) is 0 Å². The Morgan fingerprint density at radius 1 is 1.43 bits per heavy atom. The molecule has 1 atom stereocenters. The van der Waals surface area contributed by atoms with Crippen molar-refractivity contribution in [2.24, 2.45) is 0 Å². The molecular formula is C7H14INO5. The number of carbonyl (C=O) groups is 1. The summed E-state index contributed by atoms with van der Waals surface area (Å²) in [6.45, 7) is 0.312. The molecule has 0 amide bonds. The molecule has 0 aliphatic carbocycles. The second-order valence-electron chi connectivity index (χ2n) is 3.95. The highest BCUT2D eigenvalue weighted by Gasteiger charge is 2.29. The van der Waals surface area contributed by atoms with Gasteiger partial charge in [-0.05, 0) is 3.07 Å². The van der Waals surface area contributed by atoms with Gasteiger partial charge in [0.05, 0.1) is 21.1 Å². The van der Waals surface area contributed by atoms with Crippen molar-refractivity contribution < 1.29 is 45.4 Å². The third kappa shape index (κ3) is 8.63. The quantitative estimate of drug-likeness (QED) is 0.358. The van der Waals surface area contributed by atoms with Gasteiger partial charge in [-0.1, -0.05) is 0 Å². The molecule has 0 saturated heterocycles. The summed E-state index contributed by atoms with van der Waals surface area (Å²) in [4.78, 5) is 10.3. The van der Waals surface area contributed by atoms with Crippen LogP contribution in [0.4, 0.5) is 0 Å². The molecule has 0 spiro atoms. The van der Waals surface area contributed by atoms with Crippen LogP contribution in [0.3, 0.4) is 0 Å². The predicted molar refractivity (Wildman–Crippen MR) is 37.4 cm³/mol. The van der Waals surface area contributed by atoms with Crippen LogP contribution in [0.25, 0.3) is 0 Å². The zero-order valence-corrected chi connectivity index (χ0v) is 10.5. The Kier molecular flexibility index (Phi) is 5.83. The smallest absolute Gasteiger partial charge is 0.507 e. The number of aliphatic carboxylic acids is 1. The van der Waals surface area contributed by atoms with Crippen LogP contribution in [0.2, 0.25) is 0 Å². The van der Waals surface area contributed by atoms with E-state index in [2.05, 4.69) is 3.07 Å². The van der Waals surface area contributed by atoms with E-state index in [4.69, 9.17) is 0 Å². The highest BCUT2D eigenvalue weighted by molar-refractivity contribution is 5.64. The van der Waals surface area contributed by atoms with Crippen molar-refractivity contribution in [1.29, 1.82) is 0 Å². The Morgan fingerprint density at radius 3 is 2.21 bits per heavy atom. The molecule has 1 unspecified atom stereocenters. The fraction of sp³-hybridized carbons (Fsp3) is 0.857. The van der Waals surface area contributed by atoms with Crippen molar-refractivity contribution in [2.45, 2.75) is 12.5 Å². The van der Waals surface area contributed by atoms with E-state index in [9.17, 15) is 16.8 Å². The van der Waals surface area contributed by atoms with Gasteiger partial charge in [-0.3, -0.25) is 0 Å². The van der Waals surface area contributed by atoms with Crippen LogP contribution in [-0.4, -0.2) is 44.2 Å². The maximum Gasteiger partial charge on any atom is 0.507 e. The molecule has 84 valence electrons. The molecule has 0 fully saturated rings. The van der Waals surface area contributed by atoms with Gasteiger partial charge in [-0.15, -0.1) is 0 Å². The van der Waals surface area contributed by atoms with Gasteiger partial charge >= 0.3 is 21.1 Å². The summed E-state index contributed by atoms with van der Waals surface area (Å²) in [5, 5.41) is 10.3. The summed E-state index contributed by atoms with van der Waals surface area (Å²) in [6, 6.07) is 0. The number of rotatable bonds is 6. The summed E-state index contributed by atoms with van der Waals surface area (Å²) >= 11 is -3.83. The first-order chi connectivity index (χ1) is 6.20. The Balaban J connectivity index is 4.17. The van der Waals surface area contributed by atoms with Crippen LogP contribution in [0.5, 0.6) is 0 Å². The average Bonchev–Trinajstić information content (AvgIpc) is 1.77. The minimum atomic E-state index is -3.83. The molecule has 0 aliphatic rings. The monoisotopic (exact) mass is 319 g/mol. The number of carbonyl (C=O) groups excluding carboxylic acids is 1. The lowest BCUT2D eigenvalue weighted by molar-refractivity contribution is -1.63. The van der Waals surface area contributed by atoms with Crippen LogP contribution < -0.4 is 33.0 Å². The zero-order chi connectivity index (χ0) is 11.4. The van der Waals surface area contributed by atoms with Gasteiger partial charge in [0.25, 0.3) is 0 Å². The van der Waals surface area contributed by atoms with Gasteiger partial charge in [0.2, 0.25) is 6.10 Å². The number of hydrogen-bond donors (Lipinski definition) is 0. The van der Waals surface area contributed by atoms with Crippen LogP contribution >= 0.6 is 0 Å². The topological polar surface area (TPSA) is 95.5 Å². The first kappa shape index (κ1) is 14.0. The minimum Gasteiger partial charge on any atom is -0.550 e. The molecule has 0 aromatic heterocycles. The predicted octanol–water partition coefficient (Wildman–Crippen LogP) is -6.69. The Bertz CT molecular complexity index is 191. The first-order valence-corrected chi connectivity index (χ1v) is 6.58. The minimum absolute atomic E-state index is 0.312. The van der Waals surface area contributed by atoms with E-state index < -0.39 is 39.6 Å². The van der Waals surface area contributed by atoms with Crippen LogP contribution in [0.15, 0.2) is 0 Å². The summed E-state index contributed by atoms with van der Waals surface area (Å²) in [6.07, 6.45) is -1.21. The normalized spacial score (nSPS) is 14.4. The number of hydrogen-bond acceptors (Lipinski definition) is 5. The third-order valence-electron chi connectivity index (χ3n) is 1.34. The van der Waals surface area contributed by atoms with Crippen molar-refractivity contribution >= 4 is 5.97 Å². The van der Waals surface area contributed by atoms with Crippen molar-refractivity contribution in [3.63, 3.8) is 0 Å². The number of carboxylic acids is 1. The molecule has 7 heteroatoms. The van der Waals surface area contributed by atoms with E-state index >= 15 is 0 Å². The third-order valence-corrected chi connectivity index (χ3v) is 2.48. The fourth-order valence-corrected chi connectivity index (χ4v) is 1.95. The molecule has 14 heavy (non-hydrogen) atoms. The summed E-state index contributed by atoms with van der Waals surface area (Å²) in [7, 11) is 5.46. The molecule has 6 nitrogen and oxygen atoms in total. The first-order valence-electron chi connectivity index (χ1n) is 3.93. The van der Waals surface area contributed by atoms with Crippen LogP contribution in [0.1, 0.15) is 6.42 Å². The molecular weight excluding hydrogens is 305 g/mol. The van der Waals surface area contributed by atoms with E-state index in [1.54, 1.807) is 0 Å². The van der Waals surface area contributed by atoms with Crippen molar-refractivity contribution in [3.05, 3.63) is 0 Å². The fourth-order valence-electron chi connectivity index (χ4n) is 1.02. The lowest BCUT2D eigenvalue weighted by Gasteiger charge is -2.26. The van der Waals surface area contributed by atoms with Gasteiger partial charge in [-0.25, -0.2) is 0 Å². The van der Waals surface area contributed by atoms with E-state index in [0.29, 0.717) is 11.0 Å². The lowest BCUT2D eigenvalue weighted by Crippen LogP contribution is -3.99. The van der Waals surface area contributed by atoms with Crippen LogP contribution in [-0.2, 0) is 7.86 Å². The Labute approximate surface area is 91.7 Å². The molecule has 0 bridgehead atoms. The van der Waals surface area contributed by atoms with E-state index in [0.717, 1.165) is 0 Å². The van der Waals surface area contributed by atoms with E-state index in [-0.39, 0.29) is 0 Å². The SMILES string of the molecule is C[N+](C)(C)CC(CC(=O)[O-])O[I+2]([O-])[O-]. The lowest BCUT2D eigenvalue weighted by atomic mass is 10.2. The Hall–Kier alpha value is 0.0400. The number of nitrogens with zero attached hydrogens (tertiary/aromatic N) is 1. The molecule has 0 aliphatic heterocycles. The zero-order valence-electron chi connectivity index (χ0n) is 8.36. The molecule has 0 N–H and O–H groups in total. The van der Waals surface area contributed by atoms with Gasteiger partial charge in [-0.2, -0.15) is 0 Å². The number of halogens is 1. The highest BCUT2D eigenvalue weighted by Crippen LogP contribution is 2.00. The standard InChI is InChI=1S/C7H14INO5/c1-9(2,3)5-6(4-7(10)11)14-8(12)13/h6H,4-5H2,1-3H3. The van der Waals surface area contributed by atoms with Gasteiger partial charge in [0.1, 0.15) is 6.54 Å². The molecule has 0 radical (unpaired) electrons. The average molecular weight is 319 g/mol. The Morgan fingerprint density at radius 2 is 1.93 bits per heavy atom. The van der Waals surface area contributed by atoms with Gasteiger partial charge in [0.15, 0.2) is 0 Å². The number of carboxylic acid groups (broad SMARTS) is 1. The highest BCUT2D eigenvalue weighted by atomic mass is 127. The summed E-state index contributed by atoms with van der Waals surface area (Å²) in [5.41, 5.74) is 0. The van der Waals surface area contributed by atoms with Crippen LogP contribution in [0, 0.1) is 0 Å².